The number of ether oxygens (including phenoxy) is 1. The Bertz CT molecular complexity index is 821. The topological polar surface area (TPSA) is 80.8 Å². The van der Waals surface area contributed by atoms with Crippen LogP contribution in [0.3, 0.4) is 0 Å². The predicted octanol–water partition coefficient (Wildman–Crippen LogP) is 2.71. The summed E-state index contributed by atoms with van der Waals surface area (Å²) in [7, 11) is -3.11. The minimum atomic E-state index is -3.11. The van der Waals surface area contributed by atoms with Crippen molar-refractivity contribution in [1.82, 2.24) is 4.90 Å². The van der Waals surface area contributed by atoms with Crippen LogP contribution < -0.4 is 0 Å². The van der Waals surface area contributed by atoms with Gasteiger partial charge in [0.1, 0.15) is 0 Å². The zero-order valence-electron chi connectivity index (χ0n) is 15.4. The SMILES string of the molecule is CC[C@H](C)N(C(=O)COC(=O)/C=C/c1cccc(Cl)c1)[C@@H]1CCS(=O)(=O)C1. The maximum Gasteiger partial charge on any atom is 0.331 e. The second-order valence-electron chi connectivity index (χ2n) is 6.61. The number of hydrogen-bond donors (Lipinski definition) is 0. The highest BCUT2D eigenvalue weighted by molar-refractivity contribution is 7.91. The first-order chi connectivity index (χ1) is 12.7. The number of benzene rings is 1. The van der Waals surface area contributed by atoms with Crippen LogP contribution in [-0.2, 0) is 24.2 Å². The molecule has 148 valence electrons. The molecule has 2 atom stereocenters. The van der Waals surface area contributed by atoms with Gasteiger partial charge in [-0.25, -0.2) is 13.2 Å². The maximum atomic E-state index is 12.6. The number of carbonyl (C=O) groups excluding carboxylic acids is 2. The molecule has 0 aromatic heterocycles. The van der Waals surface area contributed by atoms with E-state index in [0.717, 1.165) is 5.56 Å². The summed E-state index contributed by atoms with van der Waals surface area (Å²) in [6, 6.07) is 6.47. The van der Waals surface area contributed by atoms with Gasteiger partial charge in [-0.15, -0.1) is 0 Å². The summed E-state index contributed by atoms with van der Waals surface area (Å²) in [5, 5.41) is 0.552. The Labute approximate surface area is 165 Å². The second kappa shape index (κ2) is 9.37. The summed E-state index contributed by atoms with van der Waals surface area (Å²) in [6.07, 6.45) is 3.88. The van der Waals surface area contributed by atoms with Crippen LogP contribution in [-0.4, -0.2) is 55.4 Å². The van der Waals surface area contributed by atoms with Gasteiger partial charge in [0.15, 0.2) is 16.4 Å². The molecule has 8 heteroatoms. The van der Waals surface area contributed by atoms with Gasteiger partial charge >= 0.3 is 5.97 Å². The molecule has 0 spiro atoms. The van der Waals surface area contributed by atoms with Crippen LogP contribution in [0.2, 0.25) is 5.02 Å². The third-order valence-electron chi connectivity index (χ3n) is 4.55. The summed E-state index contributed by atoms with van der Waals surface area (Å²) in [4.78, 5) is 26.0. The van der Waals surface area contributed by atoms with Gasteiger partial charge in [0.2, 0.25) is 0 Å². The van der Waals surface area contributed by atoms with E-state index in [2.05, 4.69) is 0 Å². The largest absolute Gasteiger partial charge is 0.452 e. The first-order valence-corrected chi connectivity index (χ1v) is 11.0. The van der Waals surface area contributed by atoms with Crippen molar-refractivity contribution in [3.8, 4) is 0 Å². The number of rotatable bonds is 7. The molecule has 0 aliphatic carbocycles. The zero-order chi connectivity index (χ0) is 20.0. The standard InChI is InChI=1S/C19H24ClNO5S/c1-3-14(2)21(17-9-10-27(24,25)13-17)18(22)12-26-19(23)8-7-15-5-4-6-16(20)11-15/h4-8,11,14,17H,3,9-10,12-13H2,1-2H3/b8-7+/t14-,17+/m0/s1. The number of hydrogen-bond acceptors (Lipinski definition) is 5. The van der Waals surface area contributed by atoms with E-state index in [0.29, 0.717) is 17.9 Å². The normalized spacial score (nSPS) is 19.7. The molecule has 0 saturated carbocycles. The van der Waals surface area contributed by atoms with E-state index in [1.54, 1.807) is 35.2 Å². The van der Waals surface area contributed by atoms with Crippen LogP contribution in [0.25, 0.3) is 6.08 Å². The van der Waals surface area contributed by atoms with Gasteiger partial charge in [-0.2, -0.15) is 0 Å². The quantitative estimate of drug-likeness (QED) is 0.507. The number of esters is 1. The molecule has 1 fully saturated rings. The summed E-state index contributed by atoms with van der Waals surface area (Å²) in [6.45, 7) is 3.37. The monoisotopic (exact) mass is 413 g/mol. The maximum absolute atomic E-state index is 12.6. The summed E-state index contributed by atoms with van der Waals surface area (Å²) < 4.78 is 28.5. The molecule has 0 radical (unpaired) electrons. The molecule has 0 unspecified atom stereocenters. The highest BCUT2D eigenvalue weighted by atomic mass is 35.5. The van der Waals surface area contributed by atoms with Crippen LogP contribution in [0.15, 0.2) is 30.3 Å². The van der Waals surface area contributed by atoms with Crippen molar-refractivity contribution < 1.29 is 22.7 Å². The number of nitrogens with zero attached hydrogens (tertiary/aromatic N) is 1. The Morgan fingerprint density at radius 2 is 2.15 bits per heavy atom. The summed E-state index contributed by atoms with van der Waals surface area (Å²) in [5.74, 6) is -0.978. The molecular weight excluding hydrogens is 390 g/mol. The van der Waals surface area contributed by atoms with Crippen molar-refractivity contribution in [1.29, 1.82) is 0 Å². The van der Waals surface area contributed by atoms with Crippen molar-refractivity contribution in [2.45, 2.75) is 38.8 Å². The Morgan fingerprint density at radius 1 is 1.41 bits per heavy atom. The first-order valence-electron chi connectivity index (χ1n) is 8.84. The smallest absolute Gasteiger partial charge is 0.331 e. The van der Waals surface area contributed by atoms with Gasteiger partial charge < -0.3 is 9.64 Å². The molecule has 1 amide bonds. The molecule has 27 heavy (non-hydrogen) atoms. The van der Waals surface area contributed by atoms with E-state index in [1.165, 1.54) is 6.08 Å². The average Bonchev–Trinajstić information content (AvgIpc) is 2.97. The van der Waals surface area contributed by atoms with Gasteiger partial charge in [-0.3, -0.25) is 4.79 Å². The van der Waals surface area contributed by atoms with Gasteiger partial charge in [-0.05, 0) is 43.5 Å². The Kier molecular flexibility index (Phi) is 7.44. The highest BCUT2D eigenvalue weighted by Crippen LogP contribution is 2.21. The zero-order valence-corrected chi connectivity index (χ0v) is 17.0. The molecule has 1 saturated heterocycles. The molecule has 0 N–H and O–H groups in total. The van der Waals surface area contributed by atoms with Gasteiger partial charge in [0.05, 0.1) is 11.5 Å². The number of sulfone groups is 1. The number of amides is 1. The van der Waals surface area contributed by atoms with E-state index < -0.39 is 22.4 Å². The molecule has 6 nitrogen and oxygen atoms in total. The van der Waals surface area contributed by atoms with Crippen molar-refractivity contribution in [3.05, 3.63) is 40.9 Å². The molecule has 1 aromatic rings. The van der Waals surface area contributed by atoms with E-state index >= 15 is 0 Å². The van der Waals surface area contributed by atoms with Crippen LogP contribution in [0.5, 0.6) is 0 Å². The molecular formula is C19H24ClNO5S. The minimum Gasteiger partial charge on any atom is -0.452 e. The van der Waals surface area contributed by atoms with Crippen LogP contribution in [0.4, 0.5) is 0 Å². The van der Waals surface area contributed by atoms with Crippen molar-refractivity contribution >= 4 is 39.4 Å². The highest BCUT2D eigenvalue weighted by Gasteiger charge is 2.36. The second-order valence-corrected chi connectivity index (χ2v) is 9.28. The van der Waals surface area contributed by atoms with Gasteiger partial charge in [0, 0.05) is 23.2 Å². The molecule has 2 rings (SSSR count). The van der Waals surface area contributed by atoms with Crippen molar-refractivity contribution in [3.63, 3.8) is 0 Å². The van der Waals surface area contributed by atoms with Crippen molar-refractivity contribution in [2.75, 3.05) is 18.1 Å². The first kappa shape index (κ1) is 21.4. The fourth-order valence-corrected chi connectivity index (χ4v) is 4.94. The van der Waals surface area contributed by atoms with Crippen molar-refractivity contribution in [2.24, 2.45) is 0 Å². The Hall–Kier alpha value is -1.86. The Morgan fingerprint density at radius 3 is 2.74 bits per heavy atom. The molecule has 0 bridgehead atoms. The summed E-state index contributed by atoms with van der Waals surface area (Å²) in [5.41, 5.74) is 0.739. The molecule has 1 aliphatic heterocycles. The number of carbonyl (C=O) groups is 2. The van der Waals surface area contributed by atoms with Gasteiger partial charge in [0.25, 0.3) is 5.91 Å². The van der Waals surface area contributed by atoms with Crippen LogP contribution >= 0.6 is 11.6 Å². The lowest BCUT2D eigenvalue weighted by molar-refractivity contribution is -0.150. The third kappa shape index (κ3) is 6.36. The molecule has 1 aliphatic rings. The minimum absolute atomic E-state index is 0.0360. The van der Waals surface area contributed by atoms with Crippen LogP contribution in [0, 0.1) is 0 Å². The third-order valence-corrected chi connectivity index (χ3v) is 6.54. The predicted molar refractivity (Wildman–Crippen MR) is 105 cm³/mol. The fourth-order valence-electron chi connectivity index (χ4n) is 3.03. The number of halogens is 1. The average molecular weight is 414 g/mol. The Balaban J connectivity index is 1.95. The van der Waals surface area contributed by atoms with E-state index in [-0.39, 0.29) is 29.5 Å². The fraction of sp³-hybridized carbons (Fsp3) is 0.474. The summed E-state index contributed by atoms with van der Waals surface area (Å²) >= 11 is 5.88. The van der Waals surface area contributed by atoms with E-state index in [1.807, 2.05) is 13.8 Å². The van der Waals surface area contributed by atoms with Gasteiger partial charge in [-0.1, -0.05) is 30.7 Å². The van der Waals surface area contributed by atoms with E-state index in [9.17, 15) is 18.0 Å². The van der Waals surface area contributed by atoms with E-state index in [4.69, 9.17) is 16.3 Å². The lowest BCUT2D eigenvalue weighted by atomic mass is 10.1. The van der Waals surface area contributed by atoms with Crippen LogP contribution in [0.1, 0.15) is 32.3 Å². The lowest BCUT2D eigenvalue weighted by Crippen LogP contribution is -2.48. The molecule has 1 heterocycles. The lowest BCUT2D eigenvalue weighted by Gasteiger charge is -2.33. The molecule has 1 aromatic carbocycles.